The summed E-state index contributed by atoms with van der Waals surface area (Å²) in [5.74, 6) is 0. The van der Waals surface area contributed by atoms with Gasteiger partial charge >= 0.3 is 0 Å². The lowest BCUT2D eigenvalue weighted by molar-refractivity contribution is 1.26. The quantitative estimate of drug-likeness (QED) is 0.101. The Morgan fingerprint density at radius 2 is 0.305 bits per heavy atom. The molecule has 0 aromatic heterocycles. The second-order valence-corrected chi connectivity index (χ2v) is 20.5. The van der Waals surface area contributed by atoms with Crippen LogP contribution in [0.3, 0.4) is 0 Å². The van der Waals surface area contributed by atoms with Gasteiger partial charge in [-0.1, -0.05) is 182 Å². The van der Waals surface area contributed by atoms with Crippen LogP contribution in [0.5, 0.6) is 0 Å². The van der Waals surface area contributed by atoms with Gasteiger partial charge in [0.2, 0.25) is 0 Å². The van der Waals surface area contributed by atoms with E-state index in [0.717, 1.165) is 79.4 Å². The van der Waals surface area contributed by atoms with Crippen molar-refractivity contribution in [2.75, 3.05) is 19.6 Å². The van der Waals surface area contributed by atoms with Crippen LogP contribution >= 0.6 is 0 Å². The molecular formula is C78H56N4. The Bertz CT molecular complexity index is 4070. The van der Waals surface area contributed by atoms with Crippen LogP contribution in [0.25, 0.3) is 54.6 Å². The molecule has 0 spiro atoms. The molecule has 0 bridgehead atoms. The number of anilines is 12. The van der Waals surface area contributed by atoms with Crippen molar-refractivity contribution in [3.05, 3.63) is 340 Å². The first-order valence-electron chi connectivity index (χ1n) is 28.0. The molecule has 14 rings (SSSR count). The summed E-state index contributed by atoms with van der Waals surface area (Å²) in [6.45, 7) is 0. The summed E-state index contributed by atoms with van der Waals surface area (Å²) < 4.78 is 0. The summed E-state index contributed by atoms with van der Waals surface area (Å²) >= 11 is 0. The molecule has 0 saturated heterocycles. The minimum Gasteiger partial charge on any atom is -0.311 e. The molecule has 0 heterocycles. The molecule has 82 heavy (non-hydrogen) atoms. The highest BCUT2D eigenvalue weighted by molar-refractivity contribution is 6.24. The SMILES string of the molecule is c1ccc(N(c2ccccc2)c2ccc(N(c3ccccc3)c3ccc(-c4cc5c6ccccc6c(-c6ccc(N(c7ccccc7)c7ccc(N(c8ccccc8)c8ccccc8)cc7)cc6)cc5c5ccccc45)cc3)cc2)cc1. The smallest absolute Gasteiger partial charge is 0.0463 e. The van der Waals surface area contributed by atoms with Gasteiger partial charge in [-0.2, -0.15) is 0 Å². The topological polar surface area (TPSA) is 13.0 Å². The highest BCUT2D eigenvalue weighted by atomic mass is 15.2. The average molecular weight is 1050 g/mol. The van der Waals surface area contributed by atoms with Crippen LogP contribution in [0, 0.1) is 0 Å². The summed E-state index contributed by atoms with van der Waals surface area (Å²) in [5.41, 5.74) is 17.8. The average Bonchev–Trinajstić information content (AvgIpc) is 3.62. The molecule has 0 amide bonds. The van der Waals surface area contributed by atoms with Crippen LogP contribution in [0.2, 0.25) is 0 Å². The van der Waals surface area contributed by atoms with Crippen molar-refractivity contribution in [2.45, 2.75) is 0 Å². The monoisotopic (exact) mass is 1050 g/mol. The van der Waals surface area contributed by atoms with Gasteiger partial charge < -0.3 is 19.6 Å². The fourth-order valence-corrected chi connectivity index (χ4v) is 11.8. The van der Waals surface area contributed by atoms with Gasteiger partial charge in [-0.15, -0.1) is 0 Å². The summed E-state index contributed by atoms with van der Waals surface area (Å²) in [4.78, 5) is 9.28. The highest BCUT2D eigenvalue weighted by Gasteiger charge is 2.20. The summed E-state index contributed by atoms with van der Waals surface area (Å²) in [6, 6.07) is 122. The summed E-state index contributed by atoms with van der Waals surface area (Å²) in [7, 11) is 0. The first-order chi connectivity index (χ1) is 40.7. The van der Waals surface area contributed by atoms with Crippen LogP contribution < -0.4 is 19.6 Å². The van der Waals surface area contributed by atoms with E-state index in [9.17, 15) is 0 Å². The number of para-hydroxylation sites is 6. The molecule has 0 atom stereocenters. The van der Waals surface area contributed by atoms with Crippen LogP contribution in [0.4, 0.5) is 68.2 Å². The van der Waals surface area contributed by atoms with Crippen molar-refractivity contribution in [3.8, 4) is 22.3 Å². The molecule has 4 nitrogen and oxygen atoms in total. The van der Waals surface area contributed by atoms with Gasteiger partial charge in [0.25, 0.3) is 0 Å². The van der Waals surface area contributed by atoms with Gasteiger partial charge in [-0.3, -0.25) is 0 Å². The van der Waals surface area contributed by atoms with Crippen LogP contribution in [-0.4, -0.2) is 0 Å². The zero-order chi connectivity index (χ0) is 54.6. The molecule has 0 N–H and O–H groups in total. The molecule has 0 unspecified atom stereocenters. The van der Waals surface area contributed by atoms with Gasteiger partial charge in [0.05, 0.1) is 0 Å². The maximum atomic E-state index is 2.42. The Balaban J connectivity index is 0.806. The third kappa shape index (κ3) is 9.55. The minimum absolute atomic E-state index is 1.07. The first-order valence-corrected chi connectivity index (χ1v) is 28.0. The van der Waals surface area contributed by atoms with Gasteiger partial charge in [0.15, 0.2) is 0 Å². The fraction of sp³-hybridized carbons (Fsp3) is 0. The third-order valence-corrected chi connectivity index (χ3v) is 15.6. The van der Waals surface area contributed by atoms with E-state index in [4.69, 9.17) is 0 Å². The van der Waals surface area contributed by atoms with Crippen molar-refractivity contribution in [1.82, 2.24) is 0 Å². The maximum Gasteiger partial charge on any atom is 0.0463 e. The number of fused-ring (bicyclic) bond motifs is 5. The van der Waals surface area contributed by atoms with Gasteiger partial charge in [0.1, 0.15) is 0 Å². The van der Waals surface area contributed by atoms with E-state index in [-0.39, 0.29) is 0 Å². The third-order valence-electron chi connectivity index (χ3n) is 15.6. The second-order valence-electron chi connectivity index (χ2n) is 20.5. The maximum absolute atomic E-state index is 2.42. The molecule has 388 valence electrons. The Morgan fingerprint density at radius 3 is 0.524 bits per heavy atom. The minimum atomic E-state index is 1.07. The van der Waals surface area contributed by atoms with Gasteiger partial charge in [-0.25, -0.2) is 0 Å². The van der Waals surface area contributed by atoms with E-state index in [1.807, 2.05) is 0 Å². The Morgan fingerprint density at radius 1 is 0.134 bits per heavy atom. The van der Waals surface area contributed by atoms with Crippen molar-refractivity contribution in [2.24, 2.45) is 0 Å². The van der Waals surface area contributed by atoms with Crippen molar-refractivity contribution in [3.63, 3.8) is 0 Å². The predicted octanol–water partition coefficient (Wildman–Crippen LogP) is 22.4. The number of rotatable bonds is 14. The fourth-order valence-electron chi connectivity index (χ4n) is 11.8. The lowest BCUT2D eigenvalue weighted by Gasteiger charge is -2.28. The zero-order valence-corrected chi connectivity index (χ0v) is 45.1. The normalized spacial score (nSPS) is 11.2. The lowest BCUT2D eigenvalue weighted by atomic mass is 9.87. The number of hydrogen-bond acceptors (Lipinski definition) is 4. The van der Waals surface area contributed by atoms with Gasteiger partial charge in [0, 0.05) is 68.2 Å². The lowest BCUT2D eigenvalue weighted by Crippen LogP contribution is -2.12. The van der Waals surface area contributed by atoms with Crippen molar-refractivity contribution >= 4 is 101 Å². The number of benzene rings is 14. The molecule has 0 radical (unpaired) electrons. The van der Waals surface area contributed by atoms with E-state index in [1.165, 1.54) is 43.4 Å². The largest absolute Gasteiger partial charge is 0.311 e. The second kappa shape index (κ2) is 22.1. The van der Waals surface area contributed by atoms with Crippen molar-refractivity contribution < 1.29 is 0 Å². The molecular weight excluding hydrogens is 993 g/mol. The molecule has 0 aliphatic rings. The molecule has 4 heteroatoms. The Labute approximate surface area is 479 Å². The number of nitrogens with zero attached hydrogens (tertiary/aromatic N) is 4. The van der Waals surface area contributed by atoms with Crippen LogP contribution in [0.15, 0.2) is 340 Å². The van der Waals surface area contributed by atoms with E-state index in [1.54, 1.807) is 0 Å². The van der Waals surface area contributed by atoms with E-state index in [2.05, 4.69) is 359 Å². The first kappa shape index (κ1) is 49.4. The van der Waals surface area contributed by atoms with Gasteiger partial charge in [-0.05, 0) is 212 Å². The van der Waals surface area contributed by atoms with Crippen LogP contribution in [-0.2, 0) is 0 Å². The zero-order valence-electron chi connectivity index (χ0n) is 45.1. The van der Waals surface area contributed by atoms with Crippen LogP contribution in [0.1, 0.15) is 0 Å². The standard InChI is InChI=1S/C78H56N4/c1-7-23-59(24-8-1)79(60-25-9-2-10-26-60)67-47-51-69(52-48-67)81(63-31-15-5-16-32-63)65-43-39-57(40-44-65)75-55-77-74-38-22-20-36-72(74)76(56-78(77)73-37-21-19-35-71(73)75)58-41-45-66(46-42-58)82(64-33-17-6-18-34-64)70-53-49-68(50-54-70)80(61-27-11-3-12-28-61)62-29-13-4-14-30-62/h1-56H. The summed E-state index contributed by atoms with van der Waals surface area (Å²) in [5, 5.41) is 7.36. The highest BCUT2D eigenvalue weighted by Crippen LogP contribution is 2.45. The molecule has 0 saturated carbocycles. The molecule has 0 aliphatic heterocycles. The molecule has 0 fully saturated rings. The van der Waals surface area contributed by atoms with E-state index >= 15 is 0 Å². The Hall–Kier alpha value is -10.9. The van der Waals surface area contributed by atoms with E-state index in [0.29, 0.717) is 0 Å². The Kier molecular flexibility index (Phi) is 13.3. The molecule has 14 aromatic rings. The summed E-state index contributed by atoms with van der Waals surface area (Å²) in [6.07, 6.45) is 0. The predicted molar refractivity (Wildman–Crippen MR) is 349 cm³/mol. The molecule has 0 aliphatic carbocycles. The molecule has 14 aromatic carbocycles. The van der Waals surface area contributed by atoms with Crippen molar-refractivity contribution in [1.29, 1.82) is 0 Å². The van der Waals surface area contributed by atoms with E-state index < -0.39 is 0 Å². The number of hydrogen-bond donors (Lipinski definition) is 0.